The highest BCUT2D eigenvalue weighted by Crippen LogP contribution is 2.57. The summed E-state index contributed by atoms with van der Waals surface area (Å²) < 4.78 is 56.9. The summed E-state index contributed by atoms with van der Waals surface area (Å²) in [5, 5.41) is 0.466. The monoisotopic (exact) mass is 563 g/mol. The van der Waals surface area contributed by atoms with Crippen LogP contribution in [0.2, 0.25) is 5.02 Å². The molecule has 1 aliphatic heterocycles. The molecule has 15 heteroatoms. The number of benzene rings is 1. The number of nitrogens with zero attached hydrogens (tertiary/aromatic N) is 2. The number of carbonyl (C=O) groups is 1. The van der Waals surface area contributed by atoms with Crippen LogP contribution in [0.5, 0.6) is 0 Å². The fourth-order valence-electron chi connectivity index (χ4n) is 3.59. The van der Waals surface area contributed by atoms with Crippen LogP contribution < -0.4 is 11.2 Å². The molecule has 1 N–H and O–H groups in total. The Balaban J connectivity index is 1.85. The zero-order valence-electron chi connectivity index (χ0n) is 20.6. The smallest absolute Gasteiger partial charge is 0.438 e. The predicted octanol–water partition coefficient (Wildman–Crippen LogP) is 3.22. The van der Waals surface area contributed by atoms with E-state index in [-0.39, 0.29) is 6.61 Å². The van der Waals surface area contributed by atoms with E-state index in [0.29, 0.717) is 21.6 Å². The zero-order valence-corrected chi connectivity index (χ0v) is 22.2. The minimum atomic E-state index is -4.16. The molecular weight excluding hydrogens is 536 g/mol. The molecule has 3 rings (SSSR count). The summed E-state index contributed by atoms with van der Waals surface area (Å²) in [6.07, 6.45) is -3.52. The Kier molecular flexibility index (Phi) is 9.32. The van der Waals surface area contributed by atoms with Gasteiger partial charge in [-0.05, 0) is 24.6 Å². The van der Waals surface area contributed by atoms with E-state index in [0.717, 1.165) is 24.1 Å². The molecule has 204 valence electrons. The van der Waals surface area contributed by atoms with Crippen LogP contribution in [0.25, 0.3) is 0 Å². The van der Waals surface area contributed by atoms with Crippen LogP contribution in [0, 0.1) is 0 Å². The van der Waals surface area contributed by atoms with Crippen LogP contribution in [-0.4, -0.2) is 67.2 Å². The van der Waals surface area contributed by atoms with Crippen molar-refractivity contribution in [1.82, 2.24) is 14.5 Å². The first-order valence-electron chi connectivity index (χ1n) is 11.1. The van der Waals surface area contributed by atoms with Crippen molar-refractivity contribution in [2.45, 2.75) is 37.4 Å². The van der Waals surface area contributed by atoms with Gasteiger partial charge in [0.1, 0.15) is 6.10 Å². The number of aromatic amines is 1. The quantitative estimate of drug-likeness (QED) is 0.456. The molecular formula is C22H28ClFN3O9P. The van der Waals surface area contributed by atoms with Gasteiger partial charge in [0.25, 0.3) is 5.56 Å². The van der Waals surface area contributed by atoms with Crippen LogP contribution in [0.1, 0.15) is 25.0 Å². The third-order valence-corrected chi connectivity index (χ3v) is 7.26. The normalized spacial score (nSPS) is 23.0. The van der Waals surface area contributed by atoms with E-state index in [1.807, 2.05) is 4.98 Å². The number of halogens is 2. The van der Waals surface area contributed by atoms with Crippen molar-refractivity contribution in [2.75, 3.05) is 34.4 Å². The Hall–Kier alpha value is -2.54. The summed E-state index contributed by atoms with van der Waals surface area (Å²) in [6.45, 7) is 0.384. The van der Waals surface area contributed by atoms with Crippen molar-refractivity contribution < 1.29 is 36.8 Å². The number of phosphoric ester groups is 1. The molecule has 1 fully saturated rings. The average Bonchev–Trinajstić information content (AvgIpc) is 2.83. The van der Waals surface area contributed by atoms with E-state index in [1.165, 1.54) is 21.2 Å². The van der Waals surface area contributed by atoms with Gasteiger partial charge < -0.3 is 14.4 Å². The zero-order chi connectivity index (χ0) is 27.4. The van der Waals surface area contributed by atoms with E-state index in [2.05, 4.69) is 0 Å². The van der Waals surface area contributed by atoms with E-state index in [9.17, 15) is 18.9 Å². The molecule has 2 aromatic rings. The number of hydrogen-bond acceptors (Lipinski definition) is 9. The number of phosphoric acid groups is 1. The largest absolute Gasteiger partial charge is 0.475 e. The molecule has 1 unspecified atom stereocenters. The number of carbonyl (C=O) groups excluding carboxylic acids is 1. The van der Waals surface area contributed by atoms with Gasteiger partial charge in [-0.3, -0.25) is 27.9 Å². The van der Waals surface area contributed by atoms with Crippen LogP contribution in [0.3, 0.4) is 0 Å². The molecule has 1 aromatic carbocycles. The van der Waals surface area contributed by atoms with Gasteiger partial charge in [-0.25, -0.2) is 18.5 Å². The summed E-state index contributed by atoms with van der Waals surface area (Å²) in [5.74, 6) is -2.75. The van der Waals surface area contributed by atoms with E-state index >= 15 is 4.39 Å². The fourth-order valence-corrected chi connectivity index (χ4v) is 5.18. The minimum Gasteiger partial charge on any atom is -0.438 e. The maximum absolute atomic E-state index is 16.2. The molecule has 1 saturated heterocycles. The summed E-state index contributed by atoms with van der Waals surface area (Å²) in [7, 11) is -0.234. The molecule has 0 saturated carbocycles. The Labute approximate surface area is 216 Å². The molecule has 1 aliphatic rings. The van der Waals surface area contributed by atoms with Crippen molar-refractivity contribution in [3.8, 4) is 0 Å². The third kappa shape index (κ3) is 7.07. The topological polar surface area (TPSA) is 138 Å². The van der Waals surface area contributed by atoms with Crippen molar-refractivity contribution in [1.29, 1.82) is 0 Å². The molecule has 0 aliphatic carbocycles. The van der Waals surface area contributed by atoms with Gasteiger partial charge in [0.15, 0.2) is 6.10 Å². The summed E-state index contributed by atoms with van der Waals surface area (Å²) in [4.78, 5) is 39.1. The second-order valence-electron chi connectivity index (χ2n) is 8.49. The highest BCUT2D eigenvalue weighted by molar-refractivity contribution is 7.48. The van der Waals surface area contributed by atoms with E-state index < -0.39 is 55.9 Å². The van der Waals surface area contributed by atoms with Crippen molar-refractivity contribution in [3.63, 3.8) is 0 Å². The van der Waals surface area contributed by atoms with Gasteiger partial charge in [-0.2, -0.15) is 0 Å². The van der Waals surface area contributed by atoms with Crippen LogP contribution in [0.15, 0.2) is 46.1 Å². The van der Waals surface area contributed by atoms with Crippen molar-refractivity contribution in [3.05, 3.63) is 68.0 Å². The van der Waals surface area contributed by atoms with E-state index in [4.69, 9.17) is 34.6 Å². The van der Waals surface area contributed by atoms with Gasteiger partial charge >= 0.3 is 19.6 Å². The lowest BCUT2D eigenvalue weighted by Crippen LogP contribution is -2.55. The summed E-state index contributed by atoms with van der Waals surface area (Å²) in [6, 6.07) is 7.73. The number of ether oxygens (including phenoxy) is 2. The molecule has 12 nitrogen and oxygen atoms in total. The lowest BCUT2D eigenvalue weighted by Gasteiger charge is -2.37. The maximum atomic E-state index is 16.2. The minimum absolute atomic E-state index is 0.0404. The van der Waals surface area contributed by atoms with Gasteiger partial charge in [-0.15, -0.1) is 0 Å². The Morgan fingerprint density at radius 2 is 2.11 bits per heavy atom. The second kappa shape index (κ2) is 11.9. The van der Waals surface area contributed by atoms with E-state index in [1.54, 1.807) is 24.3 Å². The van der Waals surface area contributed by atoms with Crippen LogP contribution >= 0.6 is 19.4 Å². The maximum Gasteiger partial charge on any atom is 0.475 e. The number of hydrogen-bond donors (Lipinski definition) is 1. The number of rotatable bonds is 9. The number of aromatic nitrogens is 2. The molecule has 1 aromatic heterocycles. The van der Waals surface area contributed by atoms with Crippen LogP contribution in [-0.2, 0) is 33.4 Å². The van der Waals surface area contributed by atoms with Crippen molar-refractivity contribution in [2.24, 2.45) is 0 Å². The number of H-pyrrole nitrogens is 1. The SMILES string of the molecule is CO[C@H](COP1(=O)OCC[C@@H](c2cccc(Cl)c2)O1)[C@@H](OC(=O)N(C)C)[C@@](C)(F)n1ccc(=O)[nH]c1=O. The molecule has 0 radical (unpaired) electrons. The number of amides is 1. The molecule has 1 amide bonds. The fraction of sp³-hybridized carbons (Fsp3) is 0.500. The number of alkyl halides is 1. The van der Waals surface area contributed by atoms with Gasteiger partial charge in [-0.1, -0.05) is 23.7 Å². The van der Waals surface area contributed by atoms with Crippen LogP contribution in [0.4, 0.5) is 9.18 Å². The number of methoxy groups -OCH3 is 1. The first-order valence-corrected chi connectivity index (χ1v) is 13.0. The molecule has 0 spiro atoms. The van der Waals surface area contributed by atoms with Crippen molar-refractivity contribution >= 4 is 25.5 Å². The molecule has 5 atom stereocenters. The number of nitrogens with one attached hydrogen (secondary N) is 1. The Morgan fingerprint density at radius 1 is 1.38 bits per heavy atom. The predicted molar refractivity (Wildman–Crippen MR) is 130 cm³/mol. The molecule has 0 bridgehead atoms. The summed E-state index contributed by atoms with van der Waals surface area (Å²) in [5.41, 5.74) is -1.17. The Morgan fingerprint density at radius 3 is 2.73 bits per heavy atom. The van der Waals surface area contributed by atoms with Gasteiger partial charge in [0, 0.05) is 44.9 Å². The van der Waals surface area contributed by atoms with Gasteiger partial charge in [0.2, 0.25) is 5.79 Å². The average molecular weight is 564 g/mol. The van der Waals surface area contributed by atoms with Gasteiger partial charge in [0.05, 0.1) is 19.3 Å². The standard InChI is InChI=1S/C22H28ClFN3O9P/c1-22(24,27-10-8-18(28)25-20(27)29)19(35-21(30)26(2)3)17(32-4)13-34-37(31)33-11-9-16(36-37)14-6-5-7-15(23)12-14/h5-8,10,12,16-17,19H,9,11,13H2,1-4H3,(H,25,28,29)/t16-,17+,19+,22-,37?/m0/s1. The molecule has 37 heavy (non-hydrogen) atoms. The second-order valence-corrected chi connectivity index (χ2v) is 10.5. The third-order valence-electron chi connectivity index (χ3n) is 5.55. The Bertz CT molecular complexity index is 1270. The molecule has 2 heterocycles. The summed E-state index contributed by atoms with van der Waals surface area (Å²) >= 11 is 6.04. The highest BCUT2D eigenvalue weighted by atomic mass is 35.5. The lowest BCUT2D eigenvalue weighted by atomic mass is 10.0. The first-order chi connectivity index (χ1) is 17.4. The lowest BCUT2D eigenvalue weighted by molar-refractivity contribution is -0.144. The first kappa shape index (κ1) is 29.0. The highest BCUT2D eigenvalue weighted by Gasteiger charge is 2.47.